The van der Waals surface area contributed by atoms with Crippen LogP contribution in [0.15, 0.2) is 24.3 Å². The Balaban J connectivity index is 2.12. The molecule has 2 aromatic heterocycles. The molecule has 19 heavy (non-hydrogen) atoms. The summed E-state index contributed by atoms with van der Waals surface area (Å²) in [7, 11) is 1.85. The van der Waals surface area contributed by atoms with Crippen molar-refractivity contribution in [3.8, 4) is 0 Å². The summed E-state index contributed by atoms with van der Waals surface area (Å²) >= 11 is 0. The van der Waals surface area contributed by atoms with Gasteiger partial charge in [0, 0.05) is 7.05 Å². The number of halogens is 1. The second kappa shape index (κ2) is 4.08. The first-order valence-corrected chi connectivity index (χ1v) is 5.96. The van der Waals surface area contributed by atoms with Gasteiger partial charge in [-0.15, -0.1) is 0 Å². The van der Waals surface area contributed by atoms with E-state index in [0.717, 1.165) is 22.4 Å². The molecule has 6 heteroatoms. The molecule has 0 bridgehead atoms. The van der Waals surface area contributed by atoms with Crippen molar-refractivity contribution in [3.63, 3.8) is 0 Å². The van der Waals surface area contributed by atoms with Crippen molar-refractivity contribution >= 4 is 17.1 Å². The lowest BCUT2D eigenvalue weighted by Crippen LogP contribution is -2.08. The summed E-state index contributed by atoms with van der Waals surface area (Å²) in [6, 6.07) is 6.46. The Hall–Kier alpha value is -2.37. The van der Waals surface area contributed by atoms with Crippen LogP contribution in [0.2, 0.25) is 0 Å². The number of hydrogen-bond donors (Lipinski definition) is 1. The second-order valence-electron chi connectivity index (χ2n) is 4.57. The second-order valence-corrected chi connectivity index (χ2v) is 4.57. The Bertz CT molecular complexity index is 756. The number of nitrogen functional groups attached to an aromatic ring is 1. The number of aromatic nitrogens is 4. The fourth-order valence-electron chi connectivity index (χ4n) is 2.33. The minimum absolute atomic E-state index is 0.256. The van der Waals surface area contributed by atoms with E-state index >= 15 is 0 Å². The van der Waals surface area contributed by atoms with Crippen LogP contribution in [0.25, 0.3) is 11.2 Å². The molecule has 0 radical (unpaired) electrons. The van der Waals surface area contributed by atoms with Gasteiger partial charge in [-0.25, -0.2) is 9.37 Å². The Labute approximate surface area is 109 Å². The molecule has 0 atom stereocenters. The van der Waals surface area contributed by atoms with E-state index in [1.807, 2.05) is 24.6 Å². The maximum absolute atomic E-state index is 13.2. The zero-order valence-electron chi connectivity index (χ0n) is 10.8. The van der Waals surface area contributed by atoms with Crippen LogP contribution in [0, 0.1) is 12.7 Å². The third-order valence-corrected chi connectivity index (χ3v) is 3.15. The molecular weight excluding hydrogens is 245 g/mol. The number of imidazole rings is 1. The molecule has 0 saturated heterocycles. The minimum Gasteiger partial charge on any atom is -0.369 e. The van der Waals surface area contributed by atoms with E-state index in [0.29, 0.717) is 12.5 Å². The molecule has 0 fully saturated rings. The van der Waals surface area contributed by atoms with Crippen molar-refractivity contribution in [2.24, 2.45) is 7.05 Å². The first-order chi connectivity index (χ1) is 9.06. The number of anilines is 1. The van der Waals surface area contributed by atoms with Crippen molar-refractivity contribution in [1.82, 2.24) is 19.3 Å². The lowest BCUT2D eigenvalue weighted by molar-refractivity contribution is 0.623. The Kier molecular flexibility index (Phi) is 2.51. The summed E-state index contributed by atoms with van der Waals surface area (Å²) in [5.41, 5.74) is 9.25. The molecular formula is C13H14FN5. The number of fused-ring (bicyclic) bond motifs is 1. The molecule has 2 N–H and O–H groups in total. The first kappa shape index (κ1) is 11.7. The van der Waals surface area contributed by atoms with Gasteiger partial charge in [-0.1, -0.05) is 12.1 Å². The molecule has 0 unspecified atom stereocenters. The highest BCUT2D eigenvalue weighted by Gasteiger charge is 2.15. The van der Waals surface area contributed by atoms with Gasteiger partial charge in [0.25, 0.3) is 0 Å². The van der Waals surface area contributed by atoms with Crippen LogP contribution in [-0.4, -0.2) is 19.3 Å². The van der Waals surface area contributed by atoms with Gasteiger partial charge in [0.05, 0.1) is 12.2 Å². The topological polar surface area (TPSA) is 61.7 Å². The van der Waals surface area contributed by atoms with E-state index in [1.165, 1.54) is 12.1 Å². The quantitative estimate of drug-likeness (QED) is 0.764. The largest absolute Gasteiger partial charge is 0.369 e. The van der Waals surface area contributed by atoms with Gasteiger partial charge in [-0.05, 0) is 24.6 Å². The van der Waals surface area contributed by atoms with Crippen LogP contribution < -0.4 is 5.73 Å². The van der Waals surface area contributed by atoms with E-state index in [4.69, 9.17) is 5.73 Å². The van der Waals surface area contributed by atoms with Crippen LogP contribution in [0.3, 0.4) is 0 Å². The summed E-state index contributed by atoms with van der Waals surface area (Å²) in [5, 5.41) is 4.31. The normalized spacial score (nSPS) is 11.3. The molecule has 5 nitrogen and oxygen atoms in total. The molecule has 0 spiro atoms. The highest BCUT2D eigenvalue weighted by Crippen LogP contribution is 2.21. The third kappa shape index (κ3) is 1.85. The SMILES string of the molecule is Cc1nn(C)c2c1nc(N)n2Cc1cccc(F)c1. The highest BCUT2D eigenvalue weighted by atomic mass is 19.1. The van der Waals surface area contributed by atoms with Crippen molar-refractivity contribution in [1.29, 1.82) is 0 Å². The standard InChI is InChI=1S/C13H14FN5/c1-8-11-12(18(2)17-8)19(13(15)16-11)7-9-4-3-5-10(14)6-9/h3-6H,7H2,1-2H3,(H2,15,16). The summed E-state index contributed by atoms with van der Waals surface area (Å²) < 4.78 is 16.8. The monoisotopic (exact) mass is 259 g/mol. The predicted molar refractivity (Wildman–Crippen MR) is 71.2 cm³/mol. The Morgan fingerprint density at radius 3 is 2.89 bits per heavy atom. The molecule has 0 aliphatic rings. The number of nitrogens with two attached hydrogens (primary N) is 1. The number of aryl methyl sites for hydroxylation is 2. The van der Waals surface area contributed by atoms with Gasteiger partial charge >= 0.3 is 0 Å². The maximum atomic E-state index is 13.2. The van der Waals surface area contributed by atoms with E-state index in [2.05, 4.69) is 10.1 Å². The maximum Gasteiger partial charge on any atom is 0.202 e. The lowest BCUT2D eigenvalue weighted by Gasteiger charge is -2.07. The van der Waals surface area contributed by atoms with Crippen molar-refractivity contribution in [2.45, 2.75) is 13.5 Å². The first-order valence-electron chi connectivity index (χ1n) is 5.96. The van der Waals surface area contributed by atoms with Crippen molar-refractivity contribution < 1.29 is 4.39 Å². The van der Waals surface area contributed by atoms with E-state index in [9.17, 15) is 4.39 Å². The van der Waals surface area contributed by atoms with Gasteiger partial charge in [0.15, 0.2) is 5.65 Å². The number of rotatable bonds is 2. The Morgan fingerprint density at radius 2 is 2.16 bits per heavy atom. The van der Waals surface area contributed by atoms with Crippen molar-refractivity contribution in [2.75, 3.05) is 5.73 Å². The fourth-order valence-corrected chi connectivity index (χ4v) is 2.33. The van der Waals surface area contributed by atoms with Crippen LogP contribution in [0.1, 0.15) is 11.3 Å². The zero-order valence-corrected chi connectivity index (χ0v) is 10.8. The fraction of sp³-hybridized carbons (Fsp3) is 0.231. The molecule has 98 valence electrons. The number of nitrogens with zero attached hydrogens (tertiary/aromatic N) is 4. The van der Waals surface area contributed by atoms with E-state index < -0.39 is 0 Å². The van der Waals surface area contributed by atoms with Gasteiger partial charge < -0.3 is 5.73 Å². The van der Waals surface area contributed by atoms with Gasteiger partial charge in [-0.3, -0.25) is 9.25 Å². The molecule has 0 aliphatic heterocycles. The van der Waals surface area contributed by atoms with Crippen LogP contribution in [-0.2, 0) is 13.6 Å². The lowest BCUT2D eigenvalue weighted by atomic mass is 10.2. The summed E-state index contributed by atoms with van der Waals surface area (Å²) in [5.74, 6) is 0.156. The summed E-state index contributed by atoms with van der Waals surface area (Å²) in [6.45, 7) is 2.36. The van der Waals surface area contributed by atoms with Crippen LogP contribution >= 0.6 is 0 Å². The third-order valence-electron chi connectivity index (χ3n) is 3.15. The summed E-state index contributed by atoms with van der Waals surface area (Å²) in [4.78, 5) is 4.32. The molecule has 2 heterocycles. The zero-order chi connectivity index (χ0) is 13.6. The smallest absolute Gasteiger partial charge is 0.202 e. The van der Waals surface area contributed by atoms with Gasteiger partial charge in [0.2, 0.25) is 5.95 Å². The molecule has 3 aromatic rings. The minimum atomic E-state index is -0.256. The number of benzene rings is 1. The Morgan fingerprint density at radius 1 is 1.37 bits per heavy atom. The molecule has 0 aliphatic carbocycles. The molecule has 0 amide bonds. The predicted octanol–water partition coefficient (Wildman–Crippen LogP) is 1.85. The van der Waals surface area contributed by atoms with Gasteiger partial charge in [-0.2, -0.15) is 5.10 Å². The van der Waals surface area contributed by atoms with Crippen molar-refractivity contribution in [3.05, 3.63) is 41.3 Å². The highest BCUT2D eigenvalue weighted by molar-refractivity contribution is 5.77. The van der Waals surface area contributed by atoms with E-state index in [-0.39, 0.29) is 5.82 Å². The van der Waals surface area contributed by atoms with Gasteiger partial charge in [0.1, 0.15) is 11.3 Å². The molecule has 0 saturated carbocycles. The summed E-state index contributed by atoms with van der Waals surface area (Å²) in [6.07, 6.45) is 0. The number of hydrogen-bond acceptors (Lipinski definition) is 3. The molecule has 3 rings (SSSR count). The average molecular weight is 259 g/mol. The van der Waals surface area contributed by atoms with Crippen LogP contribution in [0.4, 0.5) is 10.3 Å². The molecule has 1 aromatic carbocycles. The average Bonchev–Trinajstić information content (AvgIpc) is 2.80. The van der Waals surface area contributed by atoms with E-state index in [1.54, 1.807) is 10.7 Å². The van der Waals surface area contributed by atoms with Crippen LogP contribution in [0.5, 0.6) is 0 Å².